The summed E-state index contributed by atoms with van der Waals surface area (Å²) < 4.78 is 22.3. The van der Waals surface area contributed by atoms with Crippen LogP contribution in [0, 0.1) is 0 Å². The standard InChI is InChI=1S/C22H27NO6S/c1-21(2,26)19(24)18-11-9-17(10-12-18)16-7-5-15(6-8-16)13-14-22(3,20(25)23-27)30(4,28)29/h5-12,26-27H,13-14H2,1-4H3,(H,23,25)/t22-/m1/s1. The summed E-state index contributed by atoms with van der Waals surface area (Å²) in [5.74, 6) is -1.31. The molecule has 0 radical (unpaired) electrons. The molecule has 0 saturated heterocycles. The number of hydrogen-bond donors (Lipinski definition) is 3. The quantitative estimate of drug-likeness (QED) is 0.334. The highest BCUT2D eigenvalue weighted by Gasteiger charge is 2.43. The highest BCUT2D eigenvalue weighted by Crippen LogP contribution is 2.26. The normalized spacial score (nSPS) is 14.1. The molecule has 0 aromatic heterocycles. The number of amides is 1. The van der Waals surface area contributed by atoms with Crippen LogP contribution in [0.5, 0.6) is 0 Å². The topological polar surface area (TPSA) is 121 Å². The first kappa shape index (κ1) is 23.7. The fraction of sp³-hybridized carbons (Fsp3) is 0.364. The Bertz CT molecular complexity index is 1020. The molecular formula is C22H27NO6S. The lowest BCUT2D eigenvalue weighted by Gasteiger charge is -2.25. The van der Waals surface area contributed by atoms with Crippen molar-refractivity contribution in [2.45, 2.75) is 44.0 Å². The predicted molar refractivity (Wildman–Crippen MR) is 114 cm³/mol. The van der Waals surface area contributed by atoms with Crippen LogP contribution < -0.4 is 5.48 Å². The Labute approximate surface area is 176 Å². The molecule has 8 heteroatoms. The molecule has 7 nitrogen and oxygen atoms in total. The van der Waals surface area contributed by atoms with E-state index in [-0.39, 0.29) is 12.2 Å². The van der Waals surface area contributed by atoms with Gasteiger partial charge in [-0.1, -0.05) is 48.5 Å². The summed E-state index contributed by atoms with van der Waals surface area (Å²) in [4.78, 5) is 24.0. The molecule has 162 valence electrons. The minimum Gasteiger partial charge on any atom is -0.382 e. The Morgan fingerprint density at radius 1 is 0.933 bits per heavy atom. The molecule has 0 aliphatic heterocycles. The Morgan fingerprint density at radius 3 is 1.80 bits per heavy atom. The van der Waals surface area contributed by atoms with Crippen LogP contribution in [-0.2, 0) is 21.1 Å². The van der Waals surface area contributed by atoms with Crippen LogP contribution in [0.15, 0.2) is 48.5 Å². The number of Topliss-reactive ketones (excluding diaryl/α,β-unsaturated/α-hetero) is 1. The number of carbonyl (C=O) groups is 2. The number of carbonyl (C=O) groups excluding carboxylic acids is 2. The van der Waals surface area contributed by atoms with E-state index in [9.17, 15) is 23.1 Å². The van der Waals surface area contributed by atoms with Gasteiger partial charge in [-0.2, -0.15) is 0 Å². The van der Waals surface area contributed by atoms with E-state index in [2.05, 4.69) is 0 Å². The van der Waals surface area contributed by atoms with Crippen molar-refractivity contribution in [1.29, 1.82) is 0 Å². The highest BCUT2D eigenvalue weighted by atomic mass is 32.2. The monoisotopic (exact) mass is 433 g/mol. The van der Waals surface area contributed by atoms with Crippen LogP contribution >= 0.6 is 0 Å². The Kier molecular flexibility index (Phi) is 6.86. The van der Waals surface area contributed by atoms with Gasteiger partial charge in [-0.05, 0) is 50.3 Å². The van der Waals surface area contributed by atoms with E-state index in [1.54, 1.807) is 24.3 Å². The SMILES string of the molecule is CC(C)(O)C(=O)c1ccc(-c2ccc(CC[C@](C)(C(=O)NO)S(C)(=O)=O)cc2)cc1. The van der Waals surface area contributed by atoms with Crippen molar-refractivity contribution in [2.75, 3.05) is 6.26 Å². The van der Waals surface area contributed by atoms with E-state index in [0.29, 0.717) is 12.0 Å². The second kappa shape index (κ2) is 8.67. The maximum Gasteiger partial charge on any atom is 0.264 e. The maximum atomic E-state index is 12.1. The minimum atomic E-state index is -3.74. The van der Waals surface area contributed by atoms with Gasteiger partial charge in [0.05, 0.1) is 0 Å². The molecule has 0 saturated carbocycles. The molecule has 1 atom stereocenters. The van der Waals surface area contributed by atoms with Gasteiger partial charge in [0.2, 0.25) is 0 Å². The number of aryl methyl sites for hydroxylation is 1. The van der Waals surface area contributed by atoms with Gasteiger partial charge in [0.15, 0.2) is 15.6 Å². The van der Waals surface area contributed by atoms with Crippen molar-refractivity contribution < 1.29 is 28.3 Å². The maximum absolute atomic E-state index is 12.1. The lowest BCUT2D eigenvalue weighted by atomic mass is 9.94. The number of rotatable bonds is 8. The third-order valence-electron chi connectivity index (χ3n) is 5.28. The first-order valence-corrected chi connectivity index (χ1v) is 11.3. The van der Waals surface area contributed by atoms with Gasteiger partial charge in [-0.3, -0.25) is 14.8 Å². The van der Waals surface area contributed by atoms with Crippen LogP contribution in [0.25, 0.3) is 11.1 Å². The molecule has 1 amide bonds. The highest BCUT2D eigenvalue weighted by molar-refractivity contribution is 7.92. The summed E-state index contributed by atoms with van der Waals surface area (Å²) in [5.41, 5.74) is 3.06. The second-order valence-corrected chi connectivity index (χ2v) is 10.6. The molecule has 2 rings (SSSR count). The van der Waals surface area contributed by atoms with Crippen LogP contribution in [-0.4, -0.2) is 47.0 Å². The largest absolute Gasteiger partial charge is 0.382 e. The molecule has 30 heavy (non-hydrogen) atoms. The van der Waals surface area contributed by atoms with Gasteiger partial charge in [0, 0.05) is 11.8 Å². The van der Waals surface area contributed by atoms with E-state index in [1.165, 1.54) is 26.3 Å². The lowest BCUT2D eigenvalue weighted by molar-refractivity contribution is -0.131. The number of benzene rings is 2. The number of hydroxylamine groups is 1. The van der Waals surface area contributed by atoms with E-state index >= 15 is 0 Å². The zero-order chi connectivity index (χ0) is 22.7. The summed E-state index contributed by atoms with van der Waals surface area (Å²) in [6.07, 6.45) is 1.32. The number of sulfone groups is 1. The molecule has 0 aliphatic rings. The molecule has 0 aliphatic carbocycles. The Morgan fingerprint density at radius 2 is 1.40 bits per heavy atom. The van der Waals surface area contributed by atoms with E-state index in [1.807, 2.05) is 24.3 Å². The first-order valence-electron chi connectivity index (χ1n) is 9.40. The molecule has 2 aromatic rings. The average molecular weight is 434 g/mol. The molecule has 2 aromatic carbocycles. The molecular weight excluding hydrogens is 406 g/mol. The fourth-order valence-corrected chi connectivity index (χ4v) is 3.85. The smallest absolute Gasteiger partial charge is 0.264 e. The van der Waals surface area contributed by atoms with Crippen LogP contribution in [0.2, 0.25) is 0 Å². The Hall–Kier alpha value is -2.55. The number of ketones is 1. The molecule has 0 heterocycles. The van der Waals surface area contributed by atoms with Gasteiger partial charge in [-0.25, -0.2) is 13.9 Å². The van der Waals surface area contributed by atoms with Crippen molar-refractivity contribution in [3.8, 4) is 11.1 Å². The average Bonchev–Trinajstić information content (AvgIpc) is 2.69. The Balaban J connectivity index is 2.15. The third-order valence-corrected chi connectivity index (χ3v) is 7.31. The zero-order valence-corrected chi connectivity index (χ0v) is 18.3. The van der Waals surface area contributed by atoms with Gasteiger partial charge in [0.1, 0.15) is 10.3 Å². The van der Waals surface area contributed by atoms with Gasteiger partial charge in [0.25, 0.3) is 5.91 Å². The van der Waals surface area contributed by atoms with Crippen LogP contribution in [0.1, 0.15) is 43.1 Å². The van der Waals surface area contributed by atoms with Crippen molar-refractivity contribution in [1.82, 2.24) is 5.48 Å². The van der Waals surface area contributed by atoms with Crippen molar-refractivity contribution in [2.24, 2.45) is 0 Å². The summed E-state index contributed by atoms with van der Waals surface area (Å²) in [6, 6.07) is 14.3. The van der Waals surface area contributed by atoms with E-state index < -0.39 is 26.1 Å². The number of hydrogen-bond acceptors (Lipinski definition) is 6. The number of nitrogens with one attached hydrogen (secondary N) is 1. The van der Waals surface area contributed by atoms with E-state index in [0.717, 1.165) is 22.9 Å². The number of aliphatic hydroxyl groups is 1. The molecule has 0 fully saturated rings. The fourth-order valence-electron chi connectivity index (χ4n) is 3.00. The summed E-state index contributed by atoms with van der Waals surface area (Å²) in [5, 5.41) is 18.7. The predicted octanol–water partition coefficient (Wildman–Crippen LogP) is 2.55. The van der Waals surface area contributed by atoms with Crippen molar-refractivity contribution >= 4 is 21.5 Å². The summed E-state index contributed by atoms with van der Waals surface area (Å²) in [6.45, 7) is 4.18. The first-order chi connectivity index (χ1) is 13.8. The molecule has 0 unspecified atom stereocenters. The van der Waals surface area contributed by atoms with Crippen LogP contribution in [0.4, 0.5) is 0 Å². The minimum absolute atomic E-state index is 0.0192. The lowest BCUT2D eigenvalue weighted by Crippen LogP contribution is -2.49. The van der Waals surface area contributed by atoms with Crippen molar-refractivity contribution in [3.05, 3.63) is 59.7 Å². The van der Waals surface area contributed by atoms with E-state index in [4.69, 9.17) is 5.21 Å². The molecule has 3 N–H and O–H groups in total. The summed E-state index contributed by atoms with van der Waals surface area (Å²) >= 11 is 0. The van der Waals surface area contributed by atoms with Crippen LogP contribution in [0.3, 0.4) is 0 Å². The summed E-state index contributed by atoms with van der Waals surface area (Å²) in [7, 11) is -3.74. The molecule has 0 spiro atoms. The zero-order valence-electron chi connectivity index (χ0n) is 17.5. The van der Waals surface area contributed by atoms with Crippen molar-refractivity contribution in [3.63, 3.8) is 0 Å². The third kappa shape index (κ3) is 5.13. The molecule has 0 bridgehead atoms. The van der Waals surface area contributed by atoms with Gasteiger partial charge < -0.3 is 5.11 Å². The second-order valence-electron chi connectivity index (χ2n) is 8.11. The van der Waals surface area contributed by atoms with Gasteiger partial charge in [-0.15, -0.1) is 0 Å². The van der Waals surface area contributed by atoms with Gasteiger partial charge >= 0.3 is 0 Å².